The molecule has 1 aliphatic heterocycles. The Balaban J connectivity index is 1.37. The summed E-state index contributed by atoms with van der Waals surface area (Å²) in [6.45, 7) is 5.91. The molecule has 0 radical (unpaired) electrons. The Hall–Kier alpha value is -3.91. The van der Waals surface area contributed by atoms with Gasteiger partial charge in [-0.15, -0.1) is 0 Å². The summed E-state index contributed by atoms with van der Waals surface area (Å²) in [5.74, 6) is -5.15. The second-order valence-electron chi connectivity index (χ2n) is 10.9. The molecule has 2 amide bonds. The van der Waals surface area contributed by atoms with Gasteiger partial charge in [0.05, 0.1) is 23.1 Å². The number of carboxylic acids is 1. The number of aliphatic hydroxyl groups is 1. The van der Waals surface area contributed by atoms with Crippen molar-refractivity contribution in [3.63, 3.8) is 0 Å². The van der Waals surface area contributed by atoms with E-state index in [1.807, 2.05) is 26.8 Å². The summed E-state index contributed by atoms with van der Waals surface area (Å²) in [5, 5.41) is 20.4. The first-order chi connectivity index (χ1) is 18.4. The number of carbonyl (C=O) groups excluding carboxylic acids is 2. The number of benzene rings is 3. The number of amides is 2. The third kappa shape index (κ3) is 6.06. The monoisotopic (exact) mass is 535 g/mol. The number of fused-ring (bicyclic) bond motifs is 1. The summed E-state index contributed by atoms with van der Waals surface area (Å²) < 4.78 is 26.7. The van der Waals surface area contributed by atoms with E-state index in [2.05, 4.69) is 0 Å². The first kappa shape index (κ1) is 28.1. The molecule has 0 saturated heterocycles. The minimum Gasteiger partial charge on any atom is -0.481 e. The number of aliphatic hydroxyl groups excluding tert-OH is 1. The van der Waals surface area contributed by atoms with Crippen LogP contribution in [0.5, 0.6) is 0 Å². The molecule has 0 bridgehead atoms. The number of hydrogen-bond donors (Lipinski definition) is 2. The second kappa shape index (κ2) is 11.1. The lowest BCUT2D eigenvalue weighted by atomic mass is 9.85. The highest BCUT2D eigenvalue weighted by atomic mass is 19.2. The molecule has 2 atom stereocenters. The Morgan fingerprint density at radius 2 is 1.49 bits per heavy atom. The lowest BCUT2D eigenvalue weighted by molar-refractivity contribution is -0.146. The van der Waals surface area contributed by atoms with E-state index in [0.29, 0.717) is 28.7 Å². The lowest BCUT2D eigenvalue weighted by Crippen LogP contribution is -2.36. The van der Waals surface area contributed by atoms with Crippen molar-refractivity contribution in [3.8, 4) is 11.1 Å². The quantitative estimate of drug-likeness (QED) is 0.348. The summed E-state index contributed by atoms with van der Waals surface area (Å²) in [6, 6.07) is 15.9. The van der Waals surface area contributed by atoms with Gasteiger partial charge in [0.15, 0.2) is 11.6 Å². The van der Waals surface area contributed by atoms with E-state index in [1.54, 1.807) is 36.4 Å². The third-order valence-electron chi connectivity index (χ3n) is 7.22. The zero-order valence-electron chi connectivity index (χ0n) is 22.1. The second-order valence-corrected chi connectivity index (χ2v) is 10.9. The first-order valence-electron chi connectivity index (χ1n) is 12.8. The van der Waals surface area contributed by atoms with Gasteiger partial charge in [-0.1, -0.05) is 57.2 Å². The molecule has 3 aromatic rings. The predicted molar refractivity (Wildman–Crippen MR) is 142 cm³/mol. The van der Waals surface area contributed by atoms with E-state index in [0.717, 1.165) is 28.2 Å². The molecule has 39 heavy (non-hydrogen) atoms. The van der Waals surface area contributed by atoms with Crippen LogP contribution in [-0.2, 0) is 16.6 Å². The average molecular weight is 536 g/mol. The maximum Gasteiger partial charge on any atom is 0.309 e. The van der Waals surface area contributed by atoms with Crippen molar-refractivity contribution in [2.75, 3.05) is 6.54 Å². The van der Waals surface area contributed by atoms with Crippen molar-refractivity contribution < 1.29 is 33.4 Å². The number of nitrogens with zero attached hydrogens (tertiary/aromatic N) is 1. The maximum absolute atomic E-state index is 13.5. The van der Waals surface area contributed by atoms with E-state index in [-0.39, 0.29) is 24.8 Å². The number of imide groups is 1. The van der Waals surface area contributed by atoms with Gasteiger partial charge >= 0.3 is 5.97 Å². The molecule has 4 rings (SSSR count). The number of carbonyl (C=O) groups is 3. The van der Waals surface area contributed by atoms with Crippen molar-refractivity contribution in [2.45, 2.75) is 51.6 Å². The Kier molecular flexibility index (Phi) is 7.97. The molecule has 0 aromatic heterocycles. The molecule has 0 saturated carbocycles. The fourth-order valence-corrected chi connectivity index (χ4v) is 4.76. The van der Waals surface area contributed by atoms with Crippen LogP contribution in [0.3, 0.4) is 0 Å². The van der Waals surface area contributed by atoms with Gasteiger partial charge in [-0.25, -0.2) is 8.78 Å². The van der Waals surface area contributed by atoms with Gasteiger partial charge in [-0.2, -0.15) is 0 Å². The largest absolute Gasteiger partial charge is 0.481 e. The van der Waals surface area contributed by atoms with Gasteiger partial charge in [0, 0.05) is 6.54 Å². The van der Waals surface area contributed by atoms with E-state index < -0.39 is 41.4 Å². The van der Waals surface area contributed by atoms with Crippen LogP contribution in [-0.4, -0.2) is 45.5 Å². The Morgan fingerprint density at radius 3 is 2.10 bits per heavy atom. The van der Waals surface area contributed by atoms with Crippen molar-refractivity contribution in [1.82, 2.24) is 4.90 Å². The summed E-state index contributed by atoms with van der Waals surface area (Å²) >= 11 is 0. The van der Waals surface area contributed by atoms with Crippen LogP contribution >= 0.6 is 0 Å². The van der Waals surface area contributed by atoms with Gasteiger partial charge in [-0.05, 0) is 71.2 Å². The van der Waals surface area contributed by atoms with Crippen molar-refractivity contribution in [2.24, 2.45) is 5.92 Å². The first-order valence-corrected chi connectivity index (χ1v) is 12.8. The number of hydrogen-bond acceptors (Lipinski definition) is 4. The molecule has 0 aliphatic carbocycles. The molecule has 8 heteroatoms. The highest BCUT2D eigenvalue weighted by Crippen LogP contribution is 2.30. The fourth-order valence-electron chi connectivity index (χ4n) is 4.76. The van der Waals surface area contributed by atoms with E-state index in [9.17, 15) is 33.4 Å². The smallest absolute Gasteiger partial charge is 0.309 e. The van der Waals surface area contributed by atoms with Crippen molar-refractivity contribution in [3.05, 3.63) is 94.6 Å². The summed E-state index contributed by atoms with van der Waals surface area (Å²) in [6.07, 6.45) is -0.746. The Labute approximate surface area is 225 Å². The minimum absolute atomic E-state index is 0.0802. The van der Waals surface area contributed by atoms with Gasteiger partial charge in [0.2, 0.25) is 0 Å². The summed E-state index contributed by atoms with van der Waals surface area (Å²) in [7, 11) is 0. The minimum atomic E-state index is -1.21. The third-order valence-corrected chi connectivity index (χ3v) is 7.22. The molecule has 2 N–H and O–H groups in total. The molecule has 1 heterocycles. The van der Waals surface area contributed by atoms with Crippen molar-refractivity contribution >= 4 is 17.8 Å². The highest BCUT2D eigenvalue weighted by molar-refractivity contribution is 6.21. The van der Waals surface area contributed by atoms with Gasteiger partial charge in [0.1, 0.15) is 0 Å². The molecule has 1 aliphatic rings. The van der Waals surface area contributed by atoms with E-state index >= 15 is 0 Å². The number of aryl methyl sites for hydroxylation is 1. The molecular formula is C31H31F2NO5. The fraction of sp³-hybridized carbons (Fsp3) is 0.323. The van der Waals surface area contributed by atoms with Gasteiger partial charge in [0.25, 0.3) is 11.8 Å². The maximum atomic E-state index is 13.5. The SMILES string of the molecule is CC(C)(C)c1ccc2c(c1)C(=O)N(CC[C@H](C(=O)O)[C@H](O)CCc1ccc(-c3ccc(F)c(F)c3)cc1)C2=O. The normalized spacial score (nSPS) is 14.9. The molecule has 3 aromatic carbocycles. The Morgan fingerprint density at radius 1 is 0.846 bits per heavy atom. The standard InChI is InChI=1S/C31H31F2NO5/c1-31(2,3)21-10-11-22-24(17-21)29(37)34(28(22)36)15-14-23(30(38)39)27(35)13-6-18-4-7-19(8-5-18)20-9-12-25(32)26(33)16-20/h4-5,7-12,16-17,23,27,35H,6,13-15H2,1-3H3,(H,38,39)/t23-,27+/m0/s1. The number of aliphatic carboxylic acids is 1. The lowest BCUT2D eigenvalue weighted by Gasteiger charge is -2.22. The van der Waals surface area contributed by atoms with Gasteiger partial charge < -0.3 is 10.2 Å². The van der Waals surface area contributed by atoms with Crippen LogP contribution in [0.25, 0.3) is 11.1 Å². The average Bonchev–Trinajstić information content (AvgIpc) is 3.13. The Bertz CT molecular complexity index is 1410. The number of halogens is 2. The van der Waals surface area contributed by atoms with Crippen LogP contribution in [0.4, 0.5) is 8.78 Å². The highest BCUT2D eigenvalue weighted by Gasteiger charge is 2.37. The summed E-state index contributed by atoms with van der Waals surface area (Å²) in [5.41, 5.74) is 3.37. The van der Waals surface area contributed by atoms with E-state index in [1.165, 1.54) is 6.07 Å². The van der Waals surface area contributed by atoms with E-state index in [4.69, 9.17) is 0 Å². The molecule has 0 spiro atoms. The number of rotatable bonds is 9. The van der Waals surface area contributed by atoms with Crippen LogP contribution in [0.1, 0.15) is 65.5 Å². The zero-order chi connectivity index (χ0) is 28.5. The molecule has 0 fully saturated rings. The molecule has 0 unspecified atom stereocenters. The predicted octanol–water partition coefficient (Wildman–Crippen LogP) is 5.61. The molecular weight excluding hydrogens is 504 g/mol. The zero-order valence-corrected chi connectivity index (χ0v) is 22.1. The summed E-state index contributed by atoms with van der Waals surface area (Å²) in [4.78, 5) is 38.8. The topological polar surface area (TPSA) is 94.9 Å². The van der Waals surface area contributed by atoms with Crippen LogP contribution in [0.2, 0.25) is 0 Å². The van der Waals surface area contributed by atoms with Crippen LogP contribution in [0.15, 0.2) is 60.7 Å². The molecule has 204 valence electrons. The van der Waals surface area contributed by atoms with Crippen LogP contribution in [0, 0.1) is 17.6 Å². The van der Waals surface area contributed by atoms with Crippen molar-refractivity contribution in [1.29, 1.82) is 0 Å². The number of carboxylic acid groups (broad SMARTS) is 1. The van der Waals surface area contributed by atoms with Crippen LogP contribution < -0.4 is 0 Å². The van der Waals surface area contributed by atoms with Gasteiger partial charge in [-0.3, -0.25) is 19.3 Å². The molecule has 6 nitrogen and oxygen atoms in total.